The molecule has 1 saturated carbocycles. The third-order valence-electron chi connectivity index (χ3n) is 7.37. The molecule has 4 rings (SSSR count). The minimum atomic E-state index is -0.321. The maximum atomic E-state index is 13.0. The van der Waals surface area contributed by atoms with Crippen molar-refractivity contribution in [3.05, 3.63) is 22.4 Å². The molecule has 36 heavy (non-hydrogen) atoms. The first-order chi connectivity index (χ1) is 17.1. The fourth-order valence-corrected chi connectivity index (χ4v) is 5.25. The monoisotopic (exact) mass is 497 g/mol. The predicted molar refractivity (Wildman–Crippen MR) is 136 cm³/mol. The van der Waals surface area contributed by atoms with Gasteiger partial charge in [0.1, 0.15) is 11.9 Å². The van der Waals surface area contributed by atoms with Gasteiger partial charge in [0, 0.05) is 44.1 Å². The van der Waals surface area contributed by atoms with Crippen LogP contribution in [0.3, 0.4) is 0 Å². The number of carbonyl (C=O) groups excluding carboxylic acids is 2. The first-order valence-corrected chi connectivity index (χ1v) is 13.2. The number of hydrogen-bond acceptors (Lipinski definition) is 7. The second-order valence-electron chi connectivity index (χ2n) is 11.0. The Morgan fingerprint density at radius 2 is 2.03 bits per heavy atom. The number of fused-ring (bicyclic) bond motifs is 1. The van der Waals surface area contributed by atoms with Crippen LogP contribution in [0.1, 0.15) is 82.2 Å². The molecule has 0 spiro atoms. The fraction of sp³-hybridized carbons (Fsp3) is 0.704. The van der Waals surface area contributed by atoms with Crippen molar-refractivity contribution in [1.82, 2.24) is 15.2 Å². The van der Waals surface area contributed by atoms with Crippen LogP contribution < -0.4 is 10.2 Å². The zero-order valence-corrected chi connectivity index (χ0v) is 22.2. The lowest BCUT2D eigenvalue weighted by Gasteiger charge is -2.44. The highest BCUT2D eigenvalue weighted by Gasteiger charge is 2.39. The number of aromatic nitrogens is 1. The molecule has 2 aliphatic heterocycles. The second-order valence-corrected chi connectivity index (χ2v) is 11.0. The largest absolute Gasteiger partial charge is 0.466 e. The van der Waals surface area contributed by atoms with Crippen molar-refractivity contribution in [2.24, 2.45) is 5.92 Å². The summed E-state index contributed by atoms with van der Waals surface area (Å²) in [5.41, 5.74) is 3.62. The van der Waals surface area contributed by atoms with E-state index in [0.29, 0.717) is 50.8 Å². The molecule has 1 aliphatic carbocycles. The number of amides is 2. The molecule has 196 valence electrons. The van der Waals surface area contributed by atoms with E-state index in [4.69, 9.17) is 14.5 Å². The minimum Gasteiger partial charge on any atom is -0.466 e. The summed E-state index contributed by atoms with van der Waals surface area (Å²) in [6.45, 7) is 12.9. The molecule has 1 aromatic heterocycles. The van der Waals surface area contributed by atoms with Gasteiger partial charge in [0.25, 0.3) is 0 Å². The Kier molecular flexibility index (Phi) is 7.74. The van der Waals surface area contributed by atoms with E-state index in [1.807, 2.05) is 4.90 Å². The lowest BCUT2D eigenvalue weighted by atomic mass is 9.87. The maximum absolute atomic E-state index is 13.0. The van der Waals surface area contributed by atoms with Crippen LogP contribution in [0, 0.1) is 17.2 Å². The zero-order chi connectivity index (χ0) is 26.0. The first kappa shape index (κ1) is 26.2. The number of urea groups is 1. The number of ether oxygens (including phenoxy) is 2. The van der Waals surface area contributed by atoms with E-state index in [-0.39, 0.29) is 42.5 Å². The summed E-state index contributed by atoms with van der Waals surface area (Å²) < 4.78 is 11.0. The number of nitriles is 1. The van der Waals surface area contributed by atoms with E-state index in [1.54, 1.807) is 6.92 Å². The molecular weight excluding hydrogens is 458 g/mol. The van der Waals surface area contributed by atoms with E-state index in [1.165, 1.54) is 0 Å². The van der Waals surface area contributed by atoms with Crippen molar-refractivity contribution >= 4 is 17.8 Å². The highest BCUT2D eigenvalue weighted by atomic mass is 16.5. The number of piperazine rings is 1. The van der Waals surface area contributed by atoms with Gasteiger partial charge in [0.05, 0.1) is 42.5 Å². The zero-order valence-electron chi connectivity index (χ0n) is 22.2. The van der Waals surface area contributed by atoms with Crippen LogP contribution in [-0.4, -0.2) is 66.3 Å². The molecule has 2 amide bonds. The van der Waals surface area contributed by atoms with Crippen LogP contribution in [0.2, 0.25) is 0 Å². The van der Waals surface area contributed by atoms with Crippen LogP contribution in [0.4, 0.5) is 10.6 Å². The quantitative estimate of drug-likeness (QED) is 0.575. The number of esters is 1. The Hall–Kier alpha value is -2.86. The van der Waals surface area contributed by atoms with Crippen LogP contribution in [0.25, 0.3) is 0 Å². The summed E-state index contributed by atoms with van der Waals surface area (Å²) in [5, 5.41) is 13.1. The van der Waals surface area contributed by atoms with Gasteiger partial charge in [-0.2, -0.15) is 5.26 Å². The van der Waals surface area contributed by atoms with Gasteiger partial charge in [-0.15, -0.1) is 0 Å². The van der Waals surface area contributed by atoms with Gasteiger partial charge >= 0.3 is 12.0 Å². The molecule has 1 N–H and O–H groups in total. The molecule has 1 saturated heterocycles. The van der Waals surface area contributed by atoms with Crippen molar-refractivity contribution in [2.75, 3.05) is 37.7 Å². The Labute approximate surface area is 214 Å². The van der Waals surface area contributed by atoms with Crippen molar-refractivity contribution < 1.29 is 19.1 Å². The van der Waals surface area contributed by atoms with Gasteiger partial charge < -0.3 is 24.6 Å². The van der Waals surface area contributed by atoms with E-state index < -0.39 is 0 Å². The molecule has 2 fully saturated rings. The summed E-state index contributed by atoms with van der Waals surface area (Å²) in [6.07, 6.45) is 3.10. The fourth-order valence-electron chi connectivity index (χ4n) is 5.25. The Balaban J connectivity index is 1.56. The molecule has 1 aromatic rings. The Morgan fingerprint density at radius 1 is 1.28 bits per heavy atom. The summed E-state index contributed by atoms with van der Waals surface area (Å²) in [5.74, 6) is 1.10. The van der Waals surface area contributed by atoms with Gasteiger partial charge in [-0.3, -0.25) is 4.79 Å². The van der Waals surface area contributed by atoms with Crippen molar-refractivity contribution in [3.8, 4) is 6.07 Å². The van der Waals surface area contributed by atoms with Crippen LogP contribution >= 0.6 is 0 Å². The first-order valence-electron chi connectivity index (χ1n) is 13.2. The smallest absolute Gasteiger partial charge is 0.317 e. The highest BCUT2D eigenvalue weighted by Crippen LogP contribution is 2.46. The second kappa shape index (κ2) is 10.6. The van der Waals surface area contributed by atoms with Gasteiger partial charge in [-0.1, -0.05) is 13.8 Å². The summed E-state index contributed by atoms with van der Waals surface area (Å²) >= 11 is 0. The molecule has 0 radical (unpaired) electrons. The maximum Gasteiger partial charge on any atom is 0.317 e. The van der Waals surface area contributed by atoms with Crippen molar-refractivity contribution in [3.63, 3.8) is 0 Å². The van der Waals surface area contributed by atoms with Crippen LogP contribution in [0.5, 0.6) is 0 Å². The number of carbonyl (C=O) groups is 2. The van der Waals surface area contributed by atoms with Gasteiger partial charge in [-0.05, 0) is 45.1 Å². The average molecular weight is 498 g/mol. The molecular formula is C27H39N5O4. The standard InChI is InChI=1S/C27H39N5O4/c1-6-35-23(33)9-10-29-26(34)32-12-11-31(15-22(32)17(2)3)25-20(14-28)19-13-27(4,5)36-16-21(19)24(30-25)18-7-8-18/h17-18,22H,6-13,15-16H2,1-5H3,(H,29,34)/t22-/m0/s1. The molecule has 0 unspecified atom stereocenters. The number of anilines is 1. The number of hydrogen-bond donors (Lipinski definition) is 1. The topological polar surface area (TPSA) is 108 Å². The van der Waals surface area contributed by atoms with E-state index in [2.05, 4.69) is 44.0 Å². The van der Waals surface area contributed by atoms with E-state index in [9.17, 15) is 14.9 Å². The minimum absolute atomic E-state index is 0.0464. The van der Waals surface area contributed by atoms with E-state index >= 15 is 0 Å². The number of rotatable bonds is 7. The molecule has 0 aromatic carbocycles. The third kappa shape index (κ3) is 5.59. The van der Waals surface area contributed by atoms with Gasteiger partial charge in [0.2, 0.25) is 0 Å². The number of pyridine rings is 1. The average Bonchev–Trinajstić information content (AvgIpc) is 3.67. The molecule has 1 atom stereocenters. The predicted octanol–water partition coefficient (Wildman–Crippen LogP) is 3.49. The lowest BCUT2D eigenvalue weighted by Crippen LogP contribution is -2.59. The SMILES string of the molecule is CCOC(=O)CCNC(=O)N1CCN(c2nc(C3CC3)c3c(c2C#N)CC(C)(C)OC3)C[C@H]1C(C)C. The third-order valence-corrected chi connectivity index (χ3v) is 7.37. The molecule has 3 heterocycles. The highest BCUT2D eigenvalue weighted by molar-refractivity contribution is 5.76. The normalized spacial score (nSPS) is 21.1. The molecule has 0 bridgehead atoms. The summed E-state index contributed by atoms with van der Waals surface area (Å²) in [7, 11) is 0. The van der Waals surface area contributed by atoms with Crippen LogP contribution in [0.15, 0.2) is 0 Å². The molecule has 9 heteroatoms. The van der Waals surface area contributed by atoms with Gasteiger partial charge in [-0.25, -0.2) is 9.78 Å². The van der Waals surface area contributed by atoms with Crippen molar-refractivity contribution in [2.45, 2.75) is 84.5 Å². The van der Waals surface area contributed by atoms with Crippen molar-refractivity contribution in [1.29, 1.82) is 5.26 Å². The number of nitrogens with one attached hydrogen (secondary N) is 1. The van der Waals surface area contributed by atoms with Crippen LogP contribution in [-0.2, 0) is 27.3 Å². The summed E-state index contributed by atoms with van der Waals surface area (Å²) in [6, 6.07) is 2.26. The lowest BCUT2D eigenvalue weighted by molar-refractivity contribution is -0.142. The molecule has 9 nitrogen and oxygen atoms in total. The van der Waals surface area contributed by atoms with E-state index in [0.717, 1.165) is 35.5 Å². The Bertz CT molecular complexity index is 1040. The Morgan fingerprint density at radius 3 is 2.67 bits per heavy atom. The molecule has 3 aliphatic rings. The van der Waals surface area contributed by atoms with Gasteiger partial charge in [0.15, 0.2) is 0 Å². The summed E-state index contributed by atoms with van der Waals surface area (Å²) in [4.78, 5) is 33.8. The number of nitrogens with zero attached hydrogens (tertiary/aromatic N) is 4.